The Morgan fingerprint density at radius 1 is 1.26 bits per heavy atom. The summed E-state index contributed by atoms with van der Waals surface area (Å²) in [6, 6.07) is 6.98. The number of hydrogen-bond acceptors (Lipinski definition) is 4. The number of hydrogen-bond donors (Lipinski definition) is 1. The van der Waals surface area contributed by atoms with Gasteiger partial charge in [-0.3, -0.25) is 9.36 Å². The van der Waals surface area contributed by atoms with Crippen LogP contribution >= 0.6 is 11.3 Å². The van der Waals surface area contributed by atoms with E-state index < -0.39 is 12.0 Å². The van der Waals surface area contributed by atoms with Crippen LogP contribution in [0.3, 0.4) is 0 Å². The van der Waals surface area contributed by atoms with Gasteiger partial charge in [0.1, 0.15) is 10.9 Å². The van der Waals surface area contributed by atoms with E-state index in [4.69, 9.17) is 5.11 Å². The summed E-state index contributed by atoms with van der Waals surface area (Å²) >= 11 is 1.45. The molecule has 0 aliphatic carbocycles. The van der Waals surface area contributed by atoms with E-state index in [1.54, 1.807) is 0 Å². The molecule has 0 aliphatic heterocycles. The van der Waals surface area contributed by atoms with Gasteiger partial charge in [0.05, 0.1) is 11.7 Å². The molecule has 0 amide bonds. The lowest BCUT2D eigenvalue weighted by molar-refractivity contribution is -0.140. The zero-order chi connectivity index (χ0) is 16.7. The van der Waals surface area contributed by atoms with Gasteiger partial charge < -0.3 is 5.11 Å². The Balaban J connectivity index is 2.32. The Kier molecular flexibility index (Phi) is 3.77. The Morgan fingerprint density at radius 2 is 1.91 bits per heavy atom. The van der Waals surface area contributed by atoms with Gasteiger partial charge in [-0.05, 0) is 26.3 Å². The predicted molar refractivity (Wildman–Crippen MR) is 91.1 cm³/mol. The highest BCUT2D eigenvalue weighted by atomic mass is 32.1. The molecule has 0 spiro atoms. The van der Waals surface area contributed by atoms with Gasteiger partial charge in [-0.25, -0.2) is 9.78 Å². The Bertz CT molecular complexity index is 954. The van der Waals surface area contributed by atoms with Crippen LogP contribution in [-0.2, 0) is 4.79 Å². The molecule has 0 unspecified atom stereocenters. The first-order valence-corrected chi connectivity index (χ1v) is 8.02. The standard InChI is InChI=1S/C17H16N2O3S/c1-9-4-6-12(7-5-9)13-11(3)23-15-14(13)16(20)19(8-18-15)10(2)17(21)22/h4-8,10H,1-3H3,(H,21,22)/t10-/m0/s1. The SMILES string of the molecule is Cc1ccc(-c2c(C)sc3ncn([C@@H](C)C(=O)O)c(=O)c23)cc1. The number of carboxylic acids is 1. The molecule has 2 aromatic heterocycles. The number of carbonyl (C=O) groups is 1. The second-order valence-electron chi connectivity index (χ2n) is 5.55. The number of thiophene rings is 1. The Labute approximate surface area is 136 Å². The van der Waals surface area contributed by atoms with Gasteiger partial charge in [0, 0.05) is 10.4 Å². The van der Waals surface area contributed by atoms with Crippen molar-refractivity contribution in [2.75, 3.05) is 0 Å². The zero-order valence-electron chi connectivity index (χ0n) is 13.0. The van der Waals surface area contributed by atoms with Crippen LogP contribution in [0.5, 0.6) is 0 Å². The first-order valence-electron chi connectivity index (χ1n) is 7.20. The lowest BCUT2D eigenvalue weighted by Crippen LogP contribution is -2.28. The number of fused-ring (bicyclic) bond motifs is 1. The quantitative estimate of drug-likeness (QED) is 0.800. The predicted octanol–water partition coefficient (Wildman–Crippen LogP) is 3.39. The maximum Gasteiger partial charge on any atom is 0.326 e. The molecule has 0 radical (unpaired) electrons. The summed E-state index contributed by atoms with van der Waals surface area (Å²) in [6.07, 6.45) is 1.32. The monoisotopic (exact) mass is 328 g/mol. The maximum atomic E-state index is 12.8. The van der Waals surface area contributed by atoms with E-state index in [2.05, 4.69) is 4.98 Å². The average Bonchev–Trinajstić information content (AvgIpc) is 2.85. The van der Waals surface area contributed by atoms with Crippen LogP contribution in [0, 0.1) is 13.8 Å². The van der Waals surface area contributed by atoms with Crippen molar-refractivity contribution in [2.45, 2.75) is 26.8 Å². The third-order valence-corrected chi connectivity index (χ3v) is 4.94. The molecule has 1 atom stereocenters. The van der Waals surface area contributed by atoms with Crippen LogP contribution < -0.4 is 5.56 Å². The van der Waals surface area contributed by atoms with Crippen LogP contribution in [0.1, 0.15) is 23.4 Å². The van der Waals surface area contributed by atoms with Crippen molar-refractivity contribution in [1.82, 2.24) is 9.55 Å². The molecule has 0 saturated heterocycles. The van der Waals surface area contributed by atoms with Gasteiger partial charge >= 0.3 is 5.97 Å². The van der Waals surface area contributed by atoms with Crippen molar-refractivity contribution in [1.29, 1.82) is 0 Å². The molecular formula is C17H16N2O3S. The molecular weight excluding hydrogens is 312 g/mol. The van der Waals surface area contributed by atoms with Gasteiger partial charge in [0.15, 0.2) is 0 Å². The molecule has 0 fully saturated rings. The normalized spacial score (nSPS) is 12.5. The number of nitrogens with zero attached hydrogens (tertiary/aromatic N) is 2. The Hall–Kier alpha value is -2.47. The van der Waals surface area contributed by atoms with E-state index in [-0.39, 0.29) is 5.56 Å². The number of aryl methyl sites for hydroxylation is 2. The molecule has 1 N–H and O–H groups in total. The van der Waals surface area contributed by atoms with Gasteiger partial charge in [-0.2, -0.15) is 0 Å². The van der Waals surface area contributed by atoms with E-state index in [0.29, 0.717) is 10.2 Å². The van der Waals surface area contributed by atoms with E-state index in [0.717, 1.165) is 21.6 Å². The fourth-order valence-corrected chi connectivity index (χ4v) is 3.58. The molecule has 23 heavy (non-hydrogen) atoms. The van der Waals surface area contributed by atoms with Crippen LogP contribution in [0.25, 0.3) is 21.3 Å². The van der Waals surface area contributed by atoms with Crippen LogP contribution in [0.15, 0.2) is 35.4 Å². The minimum atomic E-state index is -1.06. The lowest BCUT2D eigenvalue weighted by Gasteiger charge is -2.10. The molecule has 118 valence electrons. The minimum Gasteiger partial charge on any atom is -0.480 e. The summed E-state index contributed by atoms with van der Waals surface area (Å²) < 4.78 is 1.18. The minimum absolute atomic E-state index is 0.315. The molecule has 0 bridgehead atoms. The summed E-state index contributed by atoms with van der Waals surface area (Å²) in [4.78, 5) is 29.9. The highest BCUT2D eigenvalue weighted by molar-refractivity contribution is 7.19. The molecule has 2 heterocycles. The van der Waals surface area contributed by atoms with Crippen LogP contribution in [0.4, 0.5) is 0 Å². The van der Waals surface area contributed by atoms with Crippen molar-refractivity contribution >= 4 is 27.5 Å². The lowest BCUT2D eigenvalue weighted by atomic mass is 10.0. The summed E-state index contributed by atoms with van der Waals surface area (Å²) in [7, 11) is 0. The highest BCUT2D eigenvalue weighted by Crippen LogP contribution is 2.35. The Morgan fingerprint density at radius 3 is 2.52 bits per heavy atom. The third kappa shape index (κ3) is 2.55. The van der Waals surface area contributed by atoms with Gasteiger partial charge in [0.2, 0.25) is 0 Å². The number of aliphatic carboxylic acids is 1. The fraction of sp³-hybridized carbons (Fsp3) is 0.235. The second kappa shape index (κ2) is 5.62. The number of rotatable bonds is 3. The molecule has 0 aliphatic rings. The maximum absolute atomic E-state index is 12.8. The van der Waals surface area contributed by atoms with E-state index in [1.165, 1.54) is 29.2 Å². The third-order valence-electron chi connectivity index (χ3n) is 3.93. The molecule has 0 saturated carbocycles. The topological polar surface area (TPSA) is 72.2 Å². The van der Waals surface area contributed by atoms with Crippen LogP contribution in [-0.4, -0.2) is 20.6 Å². The van der Waals surface area contributed by atoms with Gasteiger partial charge in [0.25, 0.3) is 5.56 Å². The first-order chi connectivity index (χ1) is 10.9. The smallest absolute Gasteiger partial charge is 0.326 e. The zero-order valence-corrected chi connectivity index (χ0v) is 13.8. The van der Waals surface area contributed by atoms with E-state index >= 15 is 0 Å². The highest BCUT2D eigenvalue weighted by Gasteiger charge is 2.21. The number of aromatic nitrogens is 2. The van der Waals surface area contributed by atoms with Crippen molar-refractivity contribution in [3.05, 3.63) is 51.4 Å². The largest absolute Gasteiger partial charge is 0.480 e. The van der Waals surface area contributed by atoms with Crippen molar-refractivity contribution < 1.29 is 9.90 Å². The van der Waals surface area contributed by atoms with Gasteiger partial charge in [-0.1, -0.05) is 29.8 Å². The summed E-state index contributed by atoms with van der Waals surface area (Å²) in [5, 5.41) is 9.66. The molecule has 5 nitrogen and oxygen atoms in total. The first kappa shape index (κ1) is 15.4. The van der Waals surface area contributed by atoms with Crippen molar-refractivity contribution in [3.63, 3.8) is 0 Å². The van der Waals surface area contributed by atoms with Gasteiger partial charge in [-0.15, -0.1) is 11.3 Å². The summed E-state index contributed by atoms with van der Waals surface area (Å²) in [6.45, 7) is 5.43. The van der Waals surface area contributed by atoms with Crippen molar-refractivity contribution in [2.24, 2.45) is 0 Å². The summed E-state index contributed by atoms with van der Waals surface area (Å²) in [5.74, 6) is -1.06. The molecule has 1 aromatic carbocycles. The van der Waals surface area contributed by atoms with Crippen LogP contribution in [0.2, 0.25) is 0 Å². The molecule has 6 heteroatoms. The van der Waals surface area contributed by atoms with E-state index in [1.807, 2.05) is 38.1 Å². The summed E-state index contributed by atoms with van der Waals surface area (Å²) in [5.41, 5.74) is 2.61. The fourth-order valence-electron chi connectivity index (χ4n) is 2.58. The number of carboxylic acid groups (broad SMARTS) is 1. The van der Waals surface area contributed by atoms with E-state index in [9.17, 15) is 9.59 Å². The van der Waals surface area contributed by atoms with Crippen molar-refractivity contribution in [3.8, 4) is 11.1 Å². The number of benzene rings is 1. The second-order valence-corrected chi connectivity index (χ2v) is 6.75. The average molecular weight is 328 g/mol. The molecule has 3 rings (SSSR count). The molecule has 3 aromatic rings.